The van der Waals surface area contributed by atoms with Crippen molar-refractivity contribution >= 4 is 17.5 Å². The predicted molar refractivity (Wildman–Crippen MR) is 66.5 cm³/mol. The van der Waals surface area contributed by atoms with Gasteiger partial charge in [0.05, 0.1) is 0 Å². The topological polar surface area (TPSA) is 12.4 Å². The molecular formula is C11H21NS. The second kappa shape index (κ2) is 11.5. The average molecular weight is 199 g/mol. The zero-order valence-corrected chi connectivity index (χ0v) is 10.4. The fourth-order valence-electron chi connectivity index (χ4n) is 0.582. The number of hydrogen-bond acceptors (Lipinski definition) is 2. The van der Waals surface area contributed by atoms with E-state index in [1.807, 2.05) is 33.8 Å². The number of nitrogens with zero attached hydrogens (tertiary/aromatic N) is 1. The van der Waals surface area contributed by atoms with E-state index >= 15 is 0 Å². The first-order valence-electron chi connectivity index (χ1n) is 4.58. The van der Waals surface area contributed by atoms with E-state index in [1.54, 1.807) is 18.0 Å². The Morgan fingerprint density at radius 3 is 2.15 bits per heavy atom. The van der Waals surface area contributed by atoms with Crippen molar-refractivity contribution < 1.29 is 0 Å². The SMILES string of the molecule is CC.C\C=C/N=C(C)\C=C(\C)SC. The third kappa shape index (κ3) is 11.5. The van der Waals surface area contributed by atoms with Crippen molar-refractivity contribution in [3.05, 3.63) is 23.3 Å². The maximum atomic E-state index is 4.18. The quantitative estimate of drug-likeness (QED) is 0.618. The van der Waals surface area contributed by atoms with E-state index in [2.05, 4.69) is 24.2 Å². The van der Waals surface area contributed by atoms with Crippen LogP contribution in [0.3, 0.4) is 0 Å². The number of aliphatic imine (C=N–C) groups is 1. The molecule has 0 aliphatic heterocycles. The highest BCUT2D eigenvalue weighted by Crippen LogP contribution is 2.09. The van der Waals surface area contributed by atoms with E-state index in [0.29, 0.717) is 0 Å². The summed E-state index contributed by atoms with van der Waals surface area (Å²) in [7, 11) is 0. The summed E-state index contributed by atoms with van der Waals surface area (Å²) in [5, 5.41) is 0. The van der Waals surface area contributed by atoms with Gasteiger partial charge in [0, 0.05) is 11.9 Å². The minimum atomic E-state index is 1.05. The Labute approximate surface area is 87.0 Å². The predicted octanol–water partition coefficient (Wildman–Crippen LogP) is 4.27. The van der Waals surface area contributed by atoms with Gasteiger partial charge >= 0.3 is 0 Å². The molecule has 13 heavy (non-hydrogen) atoms. The van der Waals surface area contributed by atoms with Crippen molar-refractivity contribution in [1.29, 1.82) is 0 Å². The van der Waals surface area contributed by atoms with Gasteiger partial charge in [0.15, 0.2) is 0 Å². The molecule has 0 N–H and O–H groups in total. The first-order valence-corrected chi connectivity index (χ1v) is 5.81. The summed E-state index contributed by atoms with van der Waals surface area (Å²) in [5.74, 6) is 0. The van der Waals surface area contributed by atoms with Gasteiger partial charge in [0.1, 0.15) is 0 Å². The first kappa shape index (κ1) is 15.0. The van der Waals surface area contributed by atoms with Crippen LogP contribution in [0.5, 0.6) is 0 Å². The van der Waals surface area contributed by atoms with Crippen LogP contribution in [0.2, 0.25) is 0 Å². The van der Waals surface area contributed by atoms with Crippen LogP contribution in [0.15, 0.2) is 28.2 Å². The van der Waals surface area contributed by atoms with E-state index in [9.17, 15) is 0 Å². The molecule has 0 saturated heterocycles. The summed E-state index contributed by atoms with van der Waals surface area (Å²) in [6.07, 6.45) is 7.87. The maximum absolute atomic E-state index is 4.18. The molecule has 76 valence electrons. The maximum Gasteiger partial charge on any atom is 0.0380 e. The molecule has 0 fully saturated rings. The van der Waals surface area contributed by atoms with Gasteiger partial charge in [-0.2, -0.15) is 0 Å². The second-order valence-corrected chi connectivity index (χ2v) is 3.26. The zero-order valence-electron chi connectivity index (χ0n) is 9.59. The molecule has 0 radical (unpaired) electrons. The molecule has 0 saturated carbocycles. The molecule has 0 aromatic heterocycles. The lowest BCUT2D eigenvalue weighted by atomic mass is 10.4. The number of allylic oxidation sites excluding steroid dienone is 3. The van der Waals surface area contributed by atoms with Crippen molar-refractivity contribution in [1.82, 2.24) is 0 Å². The molecule has 0 aromatic rings. The molecule has 0 rings (SSSR count). The molecule has 1 nitrogen and oxygen atoms in total. The number of thioether (sulfide) groups is 1. The van der Waals surface area contributed by atoms with Gasteiger partial charge in [-0.25, -0.2) is 0 Å². The summed E-state index contributed by atoms with van der Waals surface area (Å²) in [5.41, 5.74) is 1.05. The van der Waals surface area contributed by atoms with Crippen molar-refractivity contribution in [2.45, 2.75) is 34.6 Å². The monoisotopic (exact) mass is 199 g/mol. The van der Waals surface area contributed by atoms with Crippen LogP contribution >= 0.6 is 11.8 Å². The van der Waals surface area contributed by atoms with Crippen LogP contribution in [-0.4, -0.2) is 12.0 Å². The summed E-state index contributed by atoms with van der Waals surface area (Å²) in [6.45, 7) is 10.0. The molecule has 0 unspecified atom stereocenters. The van der Waals surface area contributed by atoms with Crippen LogP contribution in [0, 0.1) is 0 Å². The summed E-state index contributed by atoms with van der Waals surface area (Å²) < 4.78 is 0. The minimum Gasteiger partial charge on any atom is -0.262 e. The third-order valence-electron chi connectivity index (χ3n) is 1.16. The number of rotatable bonds is 3. The highest BCUT2D eigenvalue weighted by molar-refractivity contribution is 8.02. The standard InChI is InChI=1S/C9H15NS.C2H6/c1-5-6-10-8(2)7-9(3)11-4;1-2/h5-7H,1-4H3;1-2H3/b6-5-,9-7-,10-8-;. The van der Waals surface area contributed by atoms with E-state index in [-0.39, 0.29) is 0 Å². The van der Waals surface area contributed by atoms with Gasteiger partial charge in [0.25, 0.3) is 0 Å². The second-order valence-electron chi connectivity index (χ2n) is 2.21. The van der Waals surface area contributed by atoms with E-state index in [1.165, 1.54) is 4.91 Å². The Morgan fingerprint density at radius 2 is 1.77 bits per heavy atom. The Balaban J connectivity index is 0. The highest BCUT2D eigenvalue weighted by atomic mass is 32.2. The van der Waals surface area contributed by atoms with Gasteiger partial charge < -0.3 is 0 Å². The van der Waals surface area contributed by atoms with Crippen LogP contribution < -0.4 is 0 Å². The molecule has 0 aliphatic rings. The van der Waals surface area contributed by atoms with Crippen molar-refractivity contribution in [2.24, 2.45) is 4.99 Å². The number of hydrogen-bond donors (Lipinski definition) is 0. The fraction of sp³-hybridized carbons (Fsp3) is 0.545. The molecule has 0 spiro atoms. The first-order chi connectivity index (χ1) is 6.20. The highest BCUT2D eigenvalue weighted by Gasteiger charge is 1.85. The Kier molecular flexibility index (Phi) is 13.3. The molecule has 0 heterocycles. The van der Waals surface area contributed by atoms with Crippen molar-refractivity contribution in [3.8, 4) is 0 Å². The van der Waals surface area contributed by atoms with Gasteiger partial charge in [0.2, 0.25) is 0 Å². The van der Waals surface area contributed by atoms with Crippen LogP contribution in [0.1, 0.15) is 34.6 Å². The molecule has 0 aliphatic carbocycles. The normalized spacial score (nSPS) is 12.8. The van der Waals surface area contributed by atoms with Gasteiger partial charge in [-0.05, 0) is 38.0 Å². The Morgan fingerprint density at radius 1 is 1.23 bits per heavy atom. The Hall–Kier alpha value is -0.500. The molecule has 2 heteroatoms. The average Bonchev–Trinajstić information content (AvgIpc) is 2.17. The van der Waals surface area contributed by atoms with Gasteiger partial charge in [-0.3, -0.25) is 4.99 Å². The van der Waals surface area contributed by atoms with Crippen LogP contribution in [-0.2, 0) is 0 Å². The summed E-state index contributed by atoms with van der Waals surface area (Å²) in [6, 6.07) is 0. The van der Waals surface area contributed by atoms with Crippen LogP contribution in [0.4, 0.5) is 0 Å². The van der Waals surface area contributed by atoms with Crippen LogP contribution in [0.25, 0.3) is 0 Å². The lowest BCUT2D eigenvalue weighted by Gasteiger charge is -1.92. The van der Waals surface area contributed by atoms with E-state index in [4.69, 9.17) is 0 Å². The Bertz CT molecular complexity index is 190. The van der Waals surface area contributed by atoms with Crippen molar-refractivity contribution in [2.75, 3.05) is 6.26 Å². The summed E-state index contributed by atoms with van der Waals surface area (Å²) in [4.78, 5) is 5.46. The lowest BCUT2D eigenvalue weighted by Crippen LogP contribution is -1.83. The molecular weight excluding hydrogens is 178 g/mol. The fourth-order valence-corrected chi connectivity index (χ4v) is 0.871. The molecule has 0 aromatic carbocycles. The lowest BCUT2D eigenvalue weighted by molar-refractivity contribution is 1.50. The molecule has 0 atom stereocenters. The van der Waals surface area contributed by atoms with E-state index < -0.39 is 0 Å². The minimum absolute atomic E-state index is 1.05. The van der Waals surface area contributed by atoms with Gasteiger partial charge in [-0.1, -0.05) is 19.9 Å². The largest absolute Gasteiger partial charge is 0.262 e. The smallest absolute Gasteiger partial charge is 0.0380 e. The molecule has 0 bridgehead atoms. The third-order valence-corrected chi connectivity index (χ3v) is 1.92. The zero-order chi connectivity index (χ0) is 10.7. The van der Waals surface area contributed by atoms with Gasteiger partial charge in [-0.15, -0.1) is 11.8 Å². The molecule has 0 amide bonds. The van der Waals surface area contributed by atoms with E-state index in [0.717, 1.165) is 5.71 Å². The summed E-state index contributed by atoms with van der Waals surface area (Å²) >= 11 is 1.74. The van der Waals surface area contributed by atoms with Crippen molar-refractivity contribution in [3.63, 3.8) is 0 Å².